The second-order valence-corrected chi connectivity index (χ2v) is 4.34. The Bertz CT molecular complexity index is 927. The van der Waals surface area contributed by atoms with Crippen molar-refractivity contribution >= 4 is 29.6 Å². The van der Waals surface area contributed by atoms with Gasteiger partial charge in [-0.25, -0.2) is 4.99 Å². The highest BCUT2D eigenvalue weighted by Gasteiger charge is 2.18. The normalized spacial score (nSPS) is 11.2. The van der Waals surface area contributed by atoms with E-state index in [0.29, 0.717) is 5.65 Å². The van der Waals surface area contributed by atoms with E-state index >= 15 is 0 Å². The lowest BCUT2D eigenvalue weighted by Gasteiger charge is -1.97. The predicted octanol–water partition coefficient (Wildman–Crippen LogP) is 1.09. The Balaban J connectivity index is 1.99. The summed E-state index contributed by atoms with van der Waals surface area (Å²) in [7, 11) is 0. The van der Waals surface area contributed by atoms with Gasteiger partial charge in [-0.3, -0.25) is 14.9 Å². The molecule has 0 saturated heterocycles. The number of hydrogen-bond acceptors (Lipinski definition) is 8. The number of nitrogens with zero attached hydrogens (tertiary/aromatic N) is 6. The monoisotopic (exact) mass is 315 g/mol. The van der Waals surface area contributed by atoms with E-state index in [-0.39, 0.29) is 23.3 Å². The molecule has 0 bridgehead atoms. The molecule has 23 heavy (non-hydrogen) atoms. The van der Waals surface area contributed by atoms with Crippen LogP contribution in [0.1, 0.15) is 6.92 Å². The molecule has 0 aromatic carbocycles. The molecule has 0 unspecified atom stereocenters. The summed E-state index contributed by atoms with van der Waals surface area (Å²) < 4.78 is 6.43. The Hall–Kier alpha value is -3.63. The van der Waals surface area contributed by atoms with Crippen molar-refractivity contribution in [3.05, 3.63) is 34.4 Å². The van der Waals surface area contributed by atoms with Crippen LogP contribution in [0.3, 0.4) is 0 Å². The third kappa shape index (κ3) is 2.88. The Morgan fingerprint density at radius 3 is 2.91 bits per heavy atom. The van der Waals surface area contributed by atoms with Crippen molar-refractivity contribution in [1.29, 1.82) is 0 Å². The summed E-state index contributed by atoms with van der Waals surface area (Å²) >= 11 is 0. The molecule has 11 heteroatoms. The van der Waals surface area contributed by atoms with E-state index < -0.39 is 10.8 Å². The minimum Gasteiger partial charge on any atom is -0.397 e. The molecule has 0 fully saturated rings. The van der Waals surface area contributed by atoms with Crippen molar-refractivity contribution < 1.29 is 14.1 Å². The van der Waals surface area contributed by atoms with Gasteiger partial charge in [-0.1, -0.05) is 0 Å². The van der Waals surface area contributed by atoms with Gasteiger partial charge in [0.2, 0.25) is 11.7 Å². The molecule has 0 radical (unpaired) electrons. The molecule has 1 amide bonds. The number of carbonyl (C=O) groups is 1. The fraction of sp³-hybridized carbons (Fsp3) is 0.0833. The second-order valence-electron chi connectivity index (χ2n) is 4.34. The smallest absolute Gasteiger partial charge is 0.397 e. The first-order valence-electron chi connectivity index (χ1n) is 6.31. The standard InChI is InChI=1S/C12H9N7O4/c1-7(20)13-6-14-9-3-4-10-15-16-12(18(10)17-9)8-2-5-11(23-8)19(21)22/h2-6H,1H3,(H,13,14,17,20). The number of hydrogen-bond donors (Lipinski definition) is 1. The molecule has 0 atom stereocenters. The van der Waals surface area contributed by atoms with E-state index in [9.17, 15) is 14.9 Å². The van der Waals surface area contributed by atoms with Gasteiger partial charge in [0.05, 0.1) is 12.4 Å². The first kappa shape index (κ1) is 14.3. The Kier molecular flexibility index (Phi) is 3.51. The van der Waals surface area contributed by atoms with Gasteiger partial charge in [0.25, 0.3) is 0 Å². The zero-order valence-electron chi connectivity index (χ0n) is 11.7. The van der Waals surface area contributed by atoms with E-state index in [1.54, 1.807) is 12.1 Å². The number of nitrogens with one attached hydrogen (secondary N) is 1. The zero-order chi connectivity index (χ0) is 16.4. The molecular weight excluding hydrogens is 306 g/mol. The van der Waals surface area contributed by atoms with E-state index in [1.165, 1.54) is 29.9 Å². The van der Waals surface area contributed by atoms with Gasteiger partial charge >= 0.3 is 5.88 Å². The number of furan rings is 1. The molecular formula is C12H9N7O4. The van der Waals surface area contributed by atoms with Gasteiger partial charge in [-0.05, 0) is 18.2 Å². The second kappa shape index (κ2) is 5.63. The van der Waals surface area contributed by atoms with Crippen LogP contribution in [0.5, 0.6) is 0 Å². The highest BCUT2D eigenvalue weighted by molar-refractivity contribution is 5.86. The summed E-state index contributed by atoms with van der Waals surface area (Å²) in [6, 6.07) is 5.82. The van der Waals surface area contributed by atoms with Gasteiger partial charge in [0, 0.05) is 6.92 Å². The Labute approximate surface area is 127 Å². The average Bonchev–Trinajstić information content (AvgIpc) is 3.12. The maximum absolute atomic E-state index is 10.8. The van der Waals surface area contributed by atoms with Crippen LogP contribution in [0, 0.1) is 10.1 Å². The lowest BCUT2D eigenvalue weighted by atomic mass is 10.4. The molecule has 0 aliphatic carbocycles. The van der Waals surface area contributed by atoms with Crippen LogP contribution in [0.4, 0.5) is 11.7 Å². The van der Waals surface area contributed by atoms with Crippen LogP contribution >= 0.6 is 0 Å². The molecule has 1 N–H and O–H groups in total. The molecule has 3 aromatic heterocycles. The SMILES string of the molecule is CC(=O)NC=Nc1ccc2nnc(-c3ccc([N+](=O)[O-])o3)n2n1. The summed E-state index contributed by atoms with van der Waals surface area (Å²) in [5.41, 5.74) is 0.414. The predicted molar refractivity (Wildman–Crippen MR) is 77.1 cm³/mol. The minimum absolute atomic E-state index is 0.152. The number of nitro groups is 1. The minimum atomic E-state index is -0.649. The summed E-state index contributed by atoms with van der Waals surface area (Å²) in [6.45, 7) is 1.35. The Morgan fingerprint density at radius 2 is 2.22 bits per heavy atom. The van der Waals surface area contributed by atoms with Crippen molar-refractivity contribution in [1.82, 2.24) is 25.1 Å². The average molecular weight is 315 g/mol. The summed E-state index contributed by atoms with van der Waals surface area (Å²) in [4.78, 5) is 24.8. The topological polar surface area (TPSA) is 141 Å². The third-order valence-corrected chi connectivity index (χ3v) is 2.71. The summed E-state index contributed by atoms with van der Waals surface area (Å²) in [5.74, 6) is -0.0305. The molecule has 3 aromatic rings. The van der Waals surface area contributed by atoms with Crippen molar-refractivity contribution in [3.8, 4) is 11.6 Å². The van der Waals surface area contributed by atoms with E-state index in [2.05, 4.69) is 25.6 Å². The van der Waals surface area contributed by atoms with Crippen LogP contribution in [0.15, 0.2) is 33.7 Å². The van der Waals surface area contributed by atoms with Gasteiger partial charge in [-0.2, -0.15) is 4.52 Å². The fourth-order valence-electron chi connectivity index (χ4n) is 1.74. The fourth-order valence-corrected chi connectivity index (χ4v) is 1.74. The summed E-state index contributed by atoms with van der Waals surface area (Å²) in [5, 5.41) is 25.0. The van der Waals surface area contributed by atoms with Crippen LogP contribution in [-0.4, -0.2) is 37.0 Å². The highest BCUT2D eigenvalue weighted by atomic mass is 16.6. The number of carbonyl (C=O) groups excluding carboxylic acids is 1. The van der Waals surface area contributed by atoms with Gasteiger partial charge in [0.15, 0.2) is 17.2 Å². The maximum Gasteiger partial charge on any atom is 0.433 e. The number of aliphatic imine (C=N–C) groups is 1. The molecule has 0 saturated carbocycles. The maximum atomic E-state index is 10.8. The van der Waals surface area contributed by atoms with Crippen LogP contribution in [0.2, 0.25) is 0 Å². The van der Waals surface area contributed by atoms with E-state index in [4.69, 9.17) is 4.42 Å². The van der Waals surface area contributed by atoms with Crippen LogP contribution in [-0.2, 0) is 4.79 Å². The van der Waals surface area contributed by atoms with E-state index in [0.717, 1.165) is 0 Å². The van der Waals surface area contributed by atoms with Crippen molar-refractivity contribution in [2.24, 2.45) is 4.99 Å². The number of rotatable bonds is 4. The molecule has 0 spiro atoms. The van der Waals surface area contributed by atoms with Gasteiger partial charge < -0.3 is 9.73 Å². The van der Waals surface area contributed by atoms with Gasteiger partial charge in [0.1, 0.15) is 4.92 Å². The molecule has 0 aliphatic heterocycles. The van der Waals surface area contributed by atoms with Crippen molar-refractivity contribution in [2.45, 2.75) is 6.92 Å². The van der Waals surface area contributed by atoms with Crippen LogP contribution < -0.4 is 5.32 Å². The van der Waals surface area contributed by atoms with E-state index in [1.807, 2.05) is 0 Å². The molecule has 11 nitrogen and oxygen atoms in total. The Morgan fingerprint density at radius 1 is 1.39 bits per heavy atom. The van der Waals surface area contributed by atoms with Crippen LogP contribution in [0.25, 0.3) is 17.2 Å². The molecule has 0 aliphatic rings. The lowest BCUT2D eigenvalue weighted by Crippen LogP contribution is -2.16. The molecule has 116 valence electrons. The number of amides is 1. The first-order valence-corrected chi connectivity index (χ1v) is 6.31. The van der Waals surface area contributed by atoms with Gasteiger partial charge in [-0.15, -0.1) is 15.3 Å². The largest absolute Gasteiger partial charge is 0.433 e. The quantitative estimate of drug-likeness (QED) is 0.328. The third-order valence-electron chi connectivity index (χ3n) is 2.71. The lowest BCUT2D eigenvalue weighted by molar-refractivity contribution is -0.401. The van der Waals surface area contributed by atoms with Crippen molar-refractivity contribution in [2.75, 3.05) is 0 Å². The van der Waals surface area contributed by atoms with Crippen molar-refractivity contribution in [3.63, 3.8) is 0 Å². The number of fused-ring (bicyclic) bond motifs is 1. The molecule has 3 heterocycles. The summed E-state index contributed by atoms with van der Waals surface area (Å²) in [6.07, 6.45) is 1.21. The highest BCUT2D eigenvalue weighted by Crippen LogP contribution is 2.25. The first-order chi connectivity index (χ1) is 11.0. The molecule has 3 rings (SSSR count). The zero-order valence-corrected chi connectivity index (χ0v) is 11.7. The number of aromatic nitrogens is 4.